The van der Waals surface area contributed by atoms with Gasteiger partial charge in [0, 0.05) is 0 Å². The average molecular weight is 575 g/mol. The molecule has 0 spiro atoms. The lowest BCUT2D eigenvalue weighted by Gasteiger charge is -2.35. The number of hydrogen-bond acceptors (Lipinski definition) is 8. The Labute approximate surface area is 231 Å². The minimum atomic E-state index is -4.36. The van der Waals surface area contributed by atoms with Crippen molar-refractivity contribution < 1.29 is 37.0 Å². The number of halogens is 1. The summed E-state index contributed by atoms with van der Waals surface area (Å²) in [4.78, 5) is 27.3. The molecule has 3 aromatic carbocycles. The lowest BCUT2D eigenvalue weighted by Crippen LogP contribution is -2.51. The van der Waals surface area contributed by atoms with Crippen LogP contribution in [-0.4, -0.2) is 60.8 Å². The summed E-state index contributed by atoms with van der Waals surface area (Å²) in [5, 5.41) is 0.154. The lowest BCUT2D eigenvalue weighted by molar-refractivity contribution is -0.148. The molecule has 1 amide bonds. The molecule has 4 rings (SSSR count). The van der Waals surface area contributed by atoms with Crippen molar-refractivity contribution in [3.63, 3.8) is 0 Å². The van der Waals surface area contributed by atoms with Gasteiger partial charge in [0.2, 0.25) is 12.0 Å². The largest absolute Gasteiger partial charge is 0.495 e. The number of carbonyl (C=O) groups excluding carboxylic acids is 2. The molecule has 0 aliphatic carbocycles. The smallest absolute Gasteiger partial charge is 0.348 e. The quantitative estimate of drug-likeness (QED) is 0.373. The molecular weight excluding hydrogens is 548 g/mol. The molecule has 1 atom stereocenters. The number of esters is 1. The van der Waals surface area contributed by atoms with Crippen LogP contribution in [0.1, 0.15) is 5.56 Å². The molecule has 0 unspecified atom stereocenters. The van der Waals surface area contributed by atoms with Crippen LogP contribution in [0.5, 0.6) is 17.2 Å². The van der Waals surface area contributed by atoms with Gasteiger partial charge >= 0.3 is 5.97 Å². The molecule has 0 radical (unpaired) electrons. The van der Waals surface area contributed by atoms with Crippen molar-refractivity contribution in [3.8, 4) is 17.2 Å². The number of amides is 1. The second-order valence-electron chi connectivity index (χ2n) is 8.59. The predicted molar refractivity (Wildman–Crippen MR) is 145 cm³/mol. The number of anilines is 2. The van der Waals surface area contributed by atoms with Gasteiger partial charge in [-0.25, -0.2) is 13.2 Å². The maximum absolute atomic E-state index is 14.1. The van der Waals surface area contributed by atoms with Crippen LogP contribution in [0, 0.1) is 6.92 Å². The highest BCUT2D eigenvalue weighted by atomic mass is 35.5. The van der Waals surface area contributed by atoms with Crippen molar-refractivity contribution in [2.75, 3.05) is 43.6 Å². The normalized spacial score (nSPS) is 14.6. The number of carbonyl (C=O) groups is 2. The van der Waals surface area contributed by atoms with E-state index in [0.717, 1.165) is 4.31 Å². The Bertz CT molecular complexity index is 1510. The molecule has 206 valence electrons. The molecule has 0 bridgehead atoms. The average Bonchev–Trinajstić information content (AvgIpc) is 2.94. The van der Waals surface area contributed by atoms with Gasteiger partial charge in [0.15, 0.2) is 0 Å². The van der Waals surface area contributed by atoms with Gasteiger partial charge < -0.3 is 23.8 Å². The first-order valence-electron chi connectivity index (χ1n) is 11.8. The van der Waals surface area contributed by atoms with Crippen molar-refractivity contribution in [3.05, 3.63) is 71.2 Å². The summed E-state index contributed by atoms with van der Waals surface area (Å²) in [7, 11) is -0.348. The minimum absolute atomic E-state index is 0.111. The van der Waals surface area contributed by atoms with Gasteiger partial charge in [-0.15, -0.1) is 0 Å². The fourth-order valence-corrected chi connectivity index (χ4v) is 6.06. The number of ether oxygens (including phenoxy) is 4. The Balaban J connectivity index is 1.81. The van der Waals surface area contributed by atoms with Crippen LogP contribution in [0.2, 0.25) is 5.02 Å². The van der Waals surface area contributed by atoms with Gasteiger partial charge in [-0.2, -0.15) is 0 Å². The van der Waals surface area contributed by atoms with E-state index in [2.05, 4.69) is 0 Å². The van der Waals surface area contributed by atoms with Crippen molar-refractivity contribution in [1.82, 2.24) is 0 Å². The van der Waals surface area contributed by atoms with E-state index in [-0.39, 0.29) is 33.6 Å². The third-order valence-electron chi connectivity index (χ3n) is 6.13. The zero-order valence-corrected chi connectivity index (χ0v) is 23.3. The molecular formula is C27H27ClN2O8S. The summed E-state index contributed by atoms with van der Waals surface area (Å²) >= 11 is 6.34. The first-order chi connectivity index (χ1) is 18.6. The van der Waals surface area contributed by atoms with Gasteiger partial charge in [0.1, 0.15) is 28.7 Å². The fraction of sp³-hybridized carbons (Fsp3) is 0.259. The fourth-order valence-electron chi connectivity index (χ4n) is 4.16. The van der Waals surface area contributed by atoms with Crippen LogP contribution in [-0.2, 0) is 24.3 Å². The van der Waals surface area contributed by atoms with Gasteiger partial charge in [0.05, 0.1) is 44.3 Å². The van der Waals surface area contributed by atoms with E-state index < -0.39 is 34.5 Å². The number of rotatable bonds is 8. The number of fused-ring (bicyclic) bond motifs is 1. The van der Waals surface area contributed by atoms with Crippen molar-refractivity contribution in [2.45, 2.75) is 17.9 Å². The van der Waals surface area contributed by atoms with Crippen molar-refractivity contribution in [2.24, 2.45) is 0 Å². The zero-order valence-electron chi connectivity index (χ0n) is 21.7. The van der Waals surface area contributed by atoms with Gasteiger partial charge in [0.25, 0.3) is 10.0 Å². The standard InChI is InChI=1S/C27H27ClN2O8S/c1-17-9-11-23(36-3)25(13-17)39(33,34)30(18-10-12-21(35-2)19(28)14-18)16-26(31)29-15-24(27(32)37-4)38-22-8-6-5-7-20(22)29/h5-14,24H,15-16H2,1-4H3/t24-/m1/s1. The first kappa shape index (κ1) is 28.1. The molecule has 0 N–H and O–H groups in total. The third-order valence-corrected chi connectivity index (χ3v) is 8.22. The van der Waals surface area contributed by atoms with Crippen LogP contribution >= 0.6 is 11.6 Å². The van der Waals surface area contributed by atoms with E-state index in [1.807, 2.05) is 0 Å². The highest BCUT2D eigenvalue weighted by Gasteiger charge is 2.37. The Hall–Kier alpha value is -3.96. The number of methoxy groups -OCH3 is 3. The highest BCUT2D eigenvalue weighted by Crippen LogP contribution is 2.37. The summed E-state index contributed by atoms with van der Waals surface area (Å²) in [5.41, 5.74) is 1.20. The monoisotopic (exact) mass is 574 g/mol. The Morgan fingerprint density at radius 1 is 1.03 bits per heavy atom. The topological polar surface area (TPSA) is 112 Å². The Morgan fingerprint density at radius 3 is 2.38 bits per heavy atom. The summed E-state index contributed by atoms with van der Waals surface area (Å²) in [6.07, 6.45) is -1.09. The number of aryl methyl sites for hydroxylation is 1. The molecule has 0 aromatic heterocycles. The molecule has 1 heterocycles. The van der Waals surface area contributed by atoms with Crippen LogP contribution < -0.4 is 23.4 Å². The molecule has 1 aliphatic rings. The van der Waals surface area contributed by atoms with Crippen LogP contribution in [0.15, 0.2) is 65.6 Å². The maximum atomic E-state index is 14.1. The summed E-state index contributed by atoms with van der Waals surface area (Å²) in [6, 6.07) is 15.8. The molecule has 0 saturated heterocycles. The molecule has 0 saturated carbocycles. The van der Waals surface area contributed by atoms with E-state index in [0.29, 0.717) is 17.0 Å². The highest BCUT2D eigenvalue weighted by molar-refractivity contribution is 7.93. The number of sulfonamides is 1. The number of nitrogens with zero attached hydrogens (tertiary/aromatic N) is 2. The predicted octanol–water partition coefficient (Wildman–Crippen LogP) is 3.83. The maximum Gasteiger partial charge on any atom is 0.348 e. The van der Waals surface area contributed by atoms with E-state index in [1.54, 1.807) is 43.3 Å². The molecule has 39 heavy (non-hydrogen) atoms. The van der Waals surface area contributed by atoms with Crippen molar-refractivity contribution >= 4 is 44.9 Å². The van der Waals surface area contributed by atoms with Crippen molar-refractivity contribution in [1.29, 1.82) is 0 Å². The number of hydrogen-bond donors (Lipinski definition) is 0. The Kier molecular flexibility index (Phi) is 8.22. The van der Waals surface area contributed by atoms with Gasteiger partial charge in [-0.3, -0.25) is 9.10 Å². The third kappa shape index (κ3) is 5.59. The lowest BCUT2D eigenvalue weighted by atomic mass is 10.2. The molecule has 12 heteroatoms. The first-order valence-corrected chi connectivity index (χ1v) is 13.6. The van der Waals surface area contributed by atoms with Crippen LogP contribution in [0.4, 0.5) is 11.4 Å². The van der Waals surface area contributed by atoms with E-state index in [9.17, 15) is 18.0 Å². The number of para-hydroxylation sites is 2. The second-order valence-corrected chi connectivity index (χ2v) is 10.8. The van der Waals surface area contributed by atoms with Crippen LogP contribution in [0.25, 0.3) is 0 Å². The zero-order chi connectivity index (χ0) is 28.3. The molecule has 10 nitrogen and oxygen atoms in total. The molecule has 1 aliphatic heterocycles. The number of benzene rings is 3. The SMILES string of the molecule is COC(=O)[C@H]1CN(C(=O)CN(c2ccc(OC)c(Cl)c2)S(=O)(=O)c2cc(C)ccc2OC)c2ccccc2O1. The van der Waals surface area contributed by atoms with Gasteiger partial charge in [-0.1, -0.05) is 29.8 Å². The van der Waals surface area contributed by atoms with Crippen LogP contribution in [0.3, 0.4) is 0 Å². The summed E-state index contributed by atoms with van der Waals surface area (Å²) < 4.78 is 50.3. The van der Waals surface area contributed by atoms with Gasteiger partial charge in [-0.05, 0) is 55.0 Å². The summed E-state index contributed by atoms with van der Waals surface area (Å²) in [5.74, 6) is -0.546. The molecule has 3 aromatic rings. The van der Waals surface area contributed by atoms with E-state index in [1.165, 1.54) is 50.5 Å². The Morgan fingerprint density at radius 2 is 1.72 bits per heavy atom. The summed E-state index contributed by atoms with van der Waals surface area (Å²) in [6.45, 7) is 0.952. The molecule has 0 fully saturated rings. The minimum Gasteiger partial charge on any atom is -0.495 e. The van der Waals surface area contributed by atoms with E-state index in [4.69, 9.17) is 30.5 Å². The van der Waals surface area contributed by atoms with E-state index >= 15 is 0 Å². The second kappa shape index (κ2) is 11.4.